The van der Waals surface area contributed by atoms with Crippen LogP contribution in [0.15, 0.2) is 0 Å². The fourth-order valence-corrected chi connectivity index (χ4v) is 1.55. The lowest BCUT2D eigenvalue weighted by Crippen LogP contribution is -2.32. The highest BCUT2D eigenvalue weighted by Gasteiger charge is 2.49. The first-order valence-corrected chi connectivity index (χ1v) is 3.97. The highest BCUT2D eigenvalue weighted by Crippen LogP contribution is 2.50. The fourth-order valence-electron chi connectivity index (χ4n) is 1.55. The fraction of sp³-hybridized carbons (Fsp3) is 0.875. The molecule has 1 saturated carbocycles. The SMILES string of the molecule is CC(C)(C)C1CC1C(=O)NN. The molecule has 1 rings (SSSR count). The van der Waals surface area contributed by atoms with Crippen LogP contribution in [0.5, 0.6) is 0 Å². The van der Waals surface area contributed by atoms with Gasteiger partial charge in [-0.15, -0.1) is 0 Å². The average Bonchev–Trinajstić information content (AvgIpc) is 2.62. The van der Waals surface area contributed by atoms with Gasteiger partial charge in [-0.2, -0.15) is 0 Å². The minimum absolute atomic E-state index is 0.00933. The molecule has 1 amide bonds. The lowest BCUT2D eigenvalue weighted by molar-refractivity contribution is -0.123. The Morgan fingerprint density at radius 2 is 2.09 bits per heavy atom. The summed E-state index contributed by atoms with van der Waals surface area (Å²) in [7, 11) is 0. The first-order valence-electron chi connectivity index (χ1n) is 3.97. The van der Waals surface area contributed by atoms with Gasteiger partial charge in [0.1, 0.15) is 0 Å². The molecule has 0 bridgehead atoms. The summed E-state index contributed by atoms with van der Waals surface area (Å²) in [6.45, 7) is 6.46. The molecule has 3 nitrogen and oxygen atoms in total. The summed E-state index contributed by atoms with van der Waals surface area (Å²) >= 11 is 0. The molecule has 0 aromatic carbocycles. The van der Waals surface area contributed by atoms with Gasteiger partial charge in [-0.05, 0) is 17.8 Å². The van der Waals surface area contributed by atoms with Crippen molar-refractivity contribution in [2.45, 2.75) is 27.2 Å². The topological polar surface area (TPSA) is 55.1 Å². The number of amides is 1. The summed E-state index contributed by atoms with van der Waals surface area (Å²) in [6, 6.07) is 0. The van der Waals surface area contributed by atoms with E-state index in [1.807, 2.05) is 0 Å². The zero-order valence-electron chi connectivity index (χ0n) is 7.35. The molecule has 0 aromatic heterocycles. The molecule has 0 aromatic rings. The van der Waals surface area contributed by atoms with Crippen molar-refractivity contribution in [3.05, 3.63) is 0 Å². The summed E-state index contributed by atoms with van der Waals surface area (Å²) < 4.78 is 0. The van der Waals surface area contributed by atoms with E-state index >= 15 is 0 Å². The zero-order chi connectivity index (χ0) is 8.65. The van der Waals surface area contributed by atoms with Gasteiger partial charge in [-0.25, -0.2) is 5.84 Å². The van der Waals surface area contributed by atoms with Crippen LogP contribution < -0.4 is 11.3 Å². The predicted octanol–water partition coefficient (Wildman–Crippen LogP) is 0.659. The second kappa shape index (κ2) is 2.48. The number of hydrogen-bond acceptors (Lipinski definition) is 2. The Morgan fingerprint density at radius 3 is 2.36 bits per heavy atom. The third-order valence-electron chi connectivity index (χ3n) is 2.38. The molecule has 0 heterocycles. The van der Waals surface area contributed by atoms with Gasteiger partial charge >= 0.3 is 0 Å². The van der Waals surface area contributed by atoms with Crippen LogP contribution >= 0.6 is 0 Å². The number of nitrogens with two attached hydrogens (primary N) is 1. The summed E-state index contributed by atoms with van der Waals surface area (Å²) in [6.07, 6.45) is 0.993. The molecular formula is C8H16N2O. The van der Waals surface area contributed by atoms with Crippen LogP contribution in [0.2, 0.25) is 0 Å². The maximum absolute atomic E-state index is 11.0. The van der Waals surface area contributed by atoms with Gasteiger partial charge in [0, 0.05) is 5.92 Å². The lowest BCUT2D eigenvalue weighted by atomic mass is 9.89. The van der Waals surface area contributed by atoms with Crippen molar-refractivity contribution in [1.82, 2.24) is 5.43 Å². The van der Waals surface area contributed by atoms with Crippen LogP contribution in [0.25, 0.3) is 0 Å². The molecule has 2 atom stereocenters. The maximum atomic E-state index is 11.0. The normalized spacial score (nSPS) is 29.8. The molecular weight excluding hydrogens is 140 g/mol. The predicted molar refractivity (Wildman–Crippen MR) is 43.4 cm³/mol. The summed E-state index contributed by atoms with van der Waals surface area (Å²) in [5.74, 6) is 5.70. The van der Waals surface area contributed by atoms with Crippen molar-refractivity contribution >= 4 is 5.91 Å². The maximum Gasteiger partial charge on any atom is 0.237 e. The molecule has 11 heavy (non-hydrogen) atoms. The molecule has 1 aliphatic carbocycles. The molecule has 1 aliphatic rings. The van der Waals surface area contributed by atoms with Crippen molar-refractivity contribution < 1.29 is 4.79 Å². The van der Waals surface area contributed by atoms with Gasteiger partial charge in [-0.1, -0.05) is 20.8 Å². The van der Waals surface area contributed by atoms with Crippen molar-refractivity contribution in [2.24, 2.45) is 23.1 Å². The van der Waals surface area contributed by atoms with Gasteiger partial charge in [0.05, 0.1) is 0 Å². The van der Waals surface area contributed by atoms with Crippen LogP contribution in [0.4, 0.5) is 0 Å². The van der Waals surface area contributed by atoms with E-state index < -0.39 is 0 Å². The van der Waals surface area contributed by atoms with E-state index in [9.17, 15) is 4.79 Å². The number of hydrazine groups is 1. The Morgan fingerprint density at radius 1 is 1.55 bits per heavy atom. The van der Waals surface area contributed by atoms with E-state index in [1.165, 1.54) is 0 Å². The molecule has 0 saturated heterocycles. The summed E-state index contributed by atoms with van der Waals surface area (Å²) in [5.41, 5.74) is 2.44. The van der Waals surface area contributed by atoms with E-state index in [4.69, 9.17) is 5.84 Å². The average molecular weight is 156 g/mol. The zero-order valence-corrected chi connectivity index (χ0v) is 7.35. The molecule has 0 aliphatic heterocycles. The van der Waals surface area contributed by atoms with Gasteiger partial charge in [0.2, 0.25) is 5.91 Å². The number of carbonyl (C=O) groups excluding carboxylic acids is 1. The second-order valence-electron chi connectivity index (χ2n) is 4.32. The molecule has 1 fully saturated rings. The summed E-state index contributed by atoms with van der Waals surface area (Å²) in [5, 5.41) is 0. The van der Waals surface area contributed by atoms with Crippen LogP contribution in [-0.4, -0.2) is 5.91 Å². The number of rotatable bonds is 1. The Bertz CT molecular complexity index is 171. The van der Waals surface area contributed by atoms with E-state index in [0.717, 1.165) is 6.42 Å². The number of hydrogen-bond donors (Lipinski definition) is 2. The second-order valence-corrected chi connectivity index (χ2v) is 4.32. The van der Waals surface area contributed by atoms with Crippen LogP contribution in [0, 0.1) is 17.3 Å². The Hall–Kier alpha value is -0.570. The Balaban J connectivity index is 2.44. The van der Waals surface area contributed by atoms with E-state index in [0.29, 0.717) is 5.92 Å². The smallest absolute Gasteiger partial charge is 0.237 e. The highest BCUT2D eigenvalue weighted by atomic mass is 16.2. The van der Waals surface area contributed by atoms with Crippen molar-refractivity contribution in [2.75, 3.05) is 0 Å². The first-order chi connectivity index (χ1) is 4.96. The highest BCUT2D eigenvalue weighted by molar-refractivity contribution is 5.81. The van der Waals surface area contributed by atoms with Crippen molar-refractivity contribution in [3.63, 3.8) is 0 Å². The van der Waals surface area contributed by atoms with Crippen molar-refractivity contribution in [1.29, 1.82) is 0 Å². The monoisotopic (exact) mass is 156 g/mol. The number of carbonyl (C=O) groups is 1. The van der Waals surface area contributed by atoms with Crippen LogP contribution in [-0.2, 0) is 4.79 Å². The largest absolute Gasteiger partial charge is 0.294 e. The third-order valence-corrected chi connectivity index (χ3v) is 2.38. The minimum Gasteiger partial charge on any atom is -0.294 e. The Kier molecular flexibility index (Phi) is 1.92. The molecule has 0 radical (unpaired) electrons. The minimum atomic E-state index is -0.00933. The first kappa shape index (κ1) is 8.53. The molecule has 3 N–H and O–H groups in total. The lowest BCUT2D eigenvalue weighted by Gasteiger charge is -2.17. The van der Waals surface area contributed by atoms with E-state index in [1.54, 1.807) is 0 Å². The number of nitrogens with one attached hydrogen (secondary N) is 1. The molecule has 64 valence electrons. The van der Waals surface area contributed by atoms with Gasteiger partial charge in [0.25, 0.3) is 0 Å². The van der Waals surface area contributed by atoms with Gasteiger partial charge in [0.15, 0.2) is 0 Å². The van der Waals surface area contributed by atoms with E-state index in [-0.39, 0.29) is 17.2 Å². The van der Waals surface area contributed by atoms with Crippen LogP contribution in [0.3, 0.4) is 0 Å². The standard InChI is InChI=1S/C8H16N2O/c1-8(2,3)6-4-5(6)7(11)10-9/h5-6H,4,9H2,1-3H3,(H,10,11). The van der Waals surface area contributed by atoms with Crippen molar-refractivity contribution in [3.8, 4) is 0 Å². The van der Waals surface area contributed by atoms with Gasteiger partial charge < -0.3 is 0 Å². The molecule has 0 spiro atoms. The third kappa shape index (κ3) is 1.71. The van der Waals surface area contributed by atoms with E-state index in [2.05, 4.69) is 26.2 Å². The van der Waals surface area contributed by atoms with Crippen LogP contribution in [0.1, 0.15) is 27.2 Å². The quantitative estimate of drug-likeness (QED) is 0.333. The van der Waals surface area contributed by atoms with Gasteiger partial charge in [-0.3, -0.25) is 10.2 Å². The summed E-state index contributed by atoms with van der Waals surface area (Å²) in [4.78, 5) is 11.0. The molecule has 2 unspecified atom stereocenters. The Labute approximate surface area is 67.3 Å². The molecule has 3 heteroatoms.